The number of halogens is 3. The van der Waals surface area contributed by atoms with E-state index in [9.17, 15) is 8.78 Å². The van der Waals surface area contributed by atoms with Crippen LogP contribution in [0.25, 0.3) is 11.5 Å². The lowest BCUT2D eigenvalue weighted by Crippen LogP contribution is -2.14. The van der Waals surface area contributed by atoms with E-state index in [1.165, 1.54) is 44.6 Å². The standard InChI is InChI=1S/C23H18ClF2N3O3/c1-30-17-10-16(11-18(12-17)31-2)27-21(19-7-6-15(26)9-20(19)24)23-29-28-22(32-23)13-4-3-5-14(25)8-13/h3-12,21,27H,1-2H3. The SMILES string of the molecule is COc1cc(NC(c2nnc(-c3cccc(F)c3)o2)c2ccc(F)cc2Cl)cc(OC)c1. The van der Waals surface area contributed by atoms with Crippen molar-refractivity contribution >= 4 is 17.3 Å². The molecule has 0 aliphatic heterocycles. The van der Waals surface area contributed by atoms with E-state index in [0.29, 0.717) is 28.3 Å². The van der Waals surface area contributed by atoms with Gasteiger partial charge in [-0.15, -0.1) is 10.2 Å². The molecule has 32 heavy (non-hydrogen) atoms. The van der Waals surface area contributed by atoms with E-state index >= 15 is 0 Å². The van der Waals surface area contributed by atoms with Crippen LogP contribution in [0.15, 0.2) is 65.1 Å². The van der Waals surface area contributed by atoms with E-state index in [-0.39, 0.29) is 16.8 Å². The number of benzene rings is 3. The van der Waals surface area contributed by atoms with E-state index < -0.39 is 17.7 Å². The fourth-order valence-electron chi connectivity index (χ4n) is 3.15. The molecule has 164 valence electrons. The van der Waals surface area contributed by atoms with E-state index in [1.54, 1.807) is 30.3 Å². The van der Waals surface area contributed by atoms with Crippen molar-refractivity contribution in [2.24, 2.45) is 0 Å². The molecule has 0 fully saturated rings. The molecule has 1 atom stereocenters. The zero-order chi connectivity index (χ0) is 22.7. The molecule has 0 radical (unpaired) electrons. The average molecular weight is 458 g/mol. The third-order valence-electron chi connectivity index (χ3n) is 4.70. The highest BCUT2D eigenvalue weighted by molar-refractivity contribution is 6.31. The Bertz CT molecular complexity index is 1230. The zero-order valence-corrected chi connectivity index (χ0v) is 17.9. The highest BCUT2D eigenvalue weighted by Crippen LogP contribution is 2.35. The summed E-state index contributed by atoms with van der Waals surface area (Å²) in [5.41, 5.74) is 1.54. The lowest BCUT2D eigenvalue weighted by atomic mass is 10.1. The first-order valence-electron chi connectivity index (χ1n) is 9.50. The molecule has 0 saturated heterocycles. The summed E-state index contributed by atoms with van der Waals surface area (Å²) in [6.45, 7) is 0. The summed E-state index contributed by atoms with van der Waals surface area (Å²) in [5.74, 6) is 0.490. The minimum atomic E-state index is -0.741. The number of rotatable bonds is 7. The number of ether oxygens (including phenoxy) is 2. The van der Waals surface area contributed by atoms with Crippen LogP contribution >= 0.6 is 11.6 Å². The molecule has 0 aliphatic rings. The van der Waals surface area contributed by atoms with Crippen LogP contribution in [-0.4, -0.2) is 24.4 Å². The summed E-state index contributed by atoms with van der Waals surface area (Å²) in [7, 11) is 3.08. The minimum Gasteiger partial charge on any atom is -0.497 e. The molecular formula is C23H18ClF2N3O3. The Hall–Kier alpha value is -3.65. The van der Waals surface area contributed by atoms with Gasteiger partial charge in [-0.3, -0.25) is 0 Å². The van der Waals surface area contributed by atoms with E-state index in [0.717, 1.165) is 0 Å². The molecule has 1 heterocycles. The van der Waals surface area contributed by atoms with Crippen LogP contribution in [0.3, 0.4) is 0 Å². The van der Waals surface area contributed by atoms with Crippen molar-refractivity contribution in [3.8, 4) is 23.0 Å². The molecule has 1 N–H and O–H groups in total. The molecule has 1 aromatic heterocycles. The maximum Gasteiger partial charge on any atom is 0.247 e. The summed E-state index contributed by atoms with van der Waals surface area (Å²) < 4.78 is 43.8. The molecule has 0 spiro atoms. The maximum atomic E-state index is 13.7. The number of hydrogen-bond acceptors (Lipinski definition) is 6. The average Bonchev–Trinajstić information content (AvgIpc) is 3.28. The summed E-state index contributed by atoms with van der Waals surface area (Å²) >= 11 is 6.33. The van der Waals surface area contributed by atoms with Crippen molar-refractivity contribution in [2.75, 3.05) is 19.5 Å². The van der Waals surface area contributed by atoms with Gasteiger partial charge in [-0.05, 0) is 30.3 Å². The van der Waals surface area contributed by atoms with Crippen molar-refractivity contribution in [3.63, 3.8) is 0 Å². The van der Waals surface area contributed by atoms with Gasteiger partial charge < -0.3 is 19.2 Å². The van der Waals surface area contributed by atoms with E-state index in [2.05, 4.69) is 15.5 Å². The Morgan fingerprint density at radius 3 is 2.28 bits per heavy atom. The first kappa shape index (κ1) is 21.6. The van der Waals surface area contributed by atoms with Crippen LogP contribution in [0.4, 0.5) is 14.5 Å². The van der Waals surface area contributed by atoms with Gasteiger partial charge in [0.2, 0.25) is 11.8 Å². The summed E-state index contributed by atoms with van der Waals surface area (Å²) in [6.07, 6.45) is 0. The van der Waals surface area contributed by atoms with Gasteiger partial charge in [-0.2, -0.15) is 0 Å². The Morgan fingerprint density at radius 2 is 1.62 bits per heavy atom. The second-order valence-corrected chi connectivity index (χ2v) is 7.21. The first-order valence-corrected chi connectivity index (χ1v) is 9.88. The fraction of sp³-hybridized carbons (Fsp3) is 0.130. The van der Waals surface area contributed by atoms with Gasteiger partial charge in [0.05, 0.1) is 14.2 Å². The molecule has 4 aromatic rings. The summed E-state index contributed by atoms with van der Waals surface area (Å²) in [5, 5.41) is 11.6. The van der Waals surface area contributed by atoms with Crippen LogP contribution in [0.5, 0.6) is 11.5 Å². The van der Waals surface area contributed by atoms with Crippen LogP contribution in [0.1, 0.15) is 17.5 Å². The van der Waals surface area contributed by atoms with Crippen LogP contribution in [0.2, 0.25) is 5.02 Å². The Balaban J connectivity index is 1.77. The van der Waals surface area contributed by atoms with Gasteiger partial charge in [0, 0.05) is 40.0 Å². The Kier molecular flexibility index (Phi) is 6.23. The molecule has 6 nitrogen and oxygen atoms in total. The van der Waals surface area contributed by atoms with Gasteiger partial charge in [0.1, 0.15) is 29.2 Å². The Labute approximate surface area is 187 Å². The number of hydrogen-bond donors (Lipinski definition) is 1. The lowest BCUT2D eigenvalue weighted by Gasteiger charge is -2.19. The topological polar surface area (TPSA) is 69.4 Å². The van der Waals surface area contributed by atoms with Gasteiger partial charge in [-0.25, -0.2) is 8.78 Å². The fourth-order valence-corrected chi connectivity index (χ4v) is 3.43. The number of anilines is 1. The van der Waals surface area contributed by atoms with E-state index in [1.807, 2.05) is 0 Å². The van der Waals surface area contributed by atoms with Crippen molar-refractivity contribution in [2.45, 2.75) is 6.04 Å². The maximum absolute atomic E-state index is 13.7. The molecular weight excluding hydrogens is 440 g/mol. The molecule has 0 saturated carbocycles. The van der Waals surface area contributed by atoms with Crippen molar-refractivity contribution < 1.29 is 22.7 Å². The molecule has 0 bridgehead atoms. The third kappa shape index (κ3) is 4.65. The molecule has 0 aliphatic carbocycles. The van der Waals surface area contributed by atoms with Gasteiger partial charge in [-0.1, -0.05) is 23.7 Å². The predicted molar refractivity (Wildman–Crippen MR) is 116 cm³/mol. The highest BCUT2D eigenvalue weighted by atomic mass is 35.5. The van der Waals surface area contributed by atoms with Gasteiger partial charge >= 0.3 is 0 Å². The molecule has 1 unspecified atom stereocenters. The quantitative estimate of drug-likeness (QED) is 0.373. The molecule has 4 rings (SSSR count). The van der Waals surface area contributed by atoms with Gasteiger partial charge in [0.25, 0.3) is 0 Å². The molecule has 0 amide bonds. The highest BCUT2D eigenvalue weighted by Gasteiger charge is 2.25. The van der Waals surface area contributed by atoms with Crippen molar-refractivity contribution in [3.05, 3.63) is 88.8 Å². The molecule has 3 aromatic carbocycles. The monoisotopic (exact) mass is 457 g/mol. The minimum absolute atomic E-state index is 0.132. The third-order valence-corrected chi connectivity index (χ3v) is 5.02. The van der Waals surface area contributed by atoms with Crippen molar-refractivity contribution in [1.29, 1.82) is 0 Å². The van der Waals surface area contributed by atoms with Gasteiger partial charge in [0.15, 0.2) is 0 Å². The second-order valence-electron chi connectivity index (χ2n) is 6.80. The number of nitrogens with zero attached hydrogens (tertiary/aromatic N) is 2. The van der Waals surface area contributed by atoms with E-state index in [4.69, 9.17) is 25.5 Å². The van der Waals surface area contributed by atoms with Crippen LogP contribution in [0, 0.1) is 11.6 Å². The summed E-state index contributed by atoms with van der Waals surface area (Å²) in [4.78, 5) is 0. The number of nitrogens with one attached hydrogen (secondary N) is 1. The smallest absolute Gasteiger partial charge is 0.247 e. The second kappa shape index (κ2) is 9.23. The molecule has 9 heteroatoms. The van der Waals surface area contributed by atoms with Crippen LogP contribution < -0.4 is 14.8 Å². The van der Waals surface area contributed by atoms with Crippen LogP contribution in [-0.2, 0) is 0 Å². The zero-order valence-electron chi connectivity index (χ0n) is 17.1. The normalized spacial score (nSPS) is 11.8. The Morgan fingerprint density at radius 1 is 0.906 bits per heavy atom. The predicted octanol–water partition coefficient (Wildman–Crippen LogP) is 5.89. The summed E-state index contributed by atoms with van der Waals surface area (Å²) in [6, 6.07) is 14.3. The number of methoxy groups -OCH3 is 2. The van der Waals surface area contributed by atoms with Crippen molar-refractivity contribution in [1.82, 2.24) is 10.2 Å². The largest absolute Gasteiger partial charge is 0.497 e. The first-order chi connectivity index (χ1) is 15.5. The lowest BCUT2D eigenvalue weighted by molar-refractivity contribution is 0.394. The number of aromatic nitrogens is 2.